The van der Waals surface area contributed by atoms with Gasteiger partial charge in [-0.1, -0.05) is 11.2 Å². The van der Waals surface area contributed by atoms with E-state index in [9.17, 15) is 4.39 Å². The Balaban J connectivity index is 2.77. The van der Waals surface area contributed by atoms with Gasteiger partial charge in [-0.2, -0.15) is 0 Å². The summed E-state index contributed by atoms with van der Waals surface area (Å²) in [6.45, 7) is 6.19. The molecular formula is C13H18FN3O. The molecule has 0 saturated carbocycles. The molecule has 18 heavy (non-hydrogen) atoms. The van der Waals surface area contributed by atoms with E-state index in [-0.39, 0.29) is 11.9 Å². The summed E-state index contributed by atoms with van der Waals surface area (Å²) in [4.78, 5) is 0. The van der Waals surface area contributed by atoms with Crippen LogP contribution in [0, 0.1) is 5.82 Å². The molecule has 5 heteroatoms. The normalized spacial score (nSPS) is 13.3. The zero-order valence-corrected chi connectivity index (χ0v) is 10.4. The van der Waals surface area contributed by atoms with Crippen molar-refractivity contribution in [2.45, 2.75) is 25.9 Å². The average Bonchev–Trinajstić information content (AvgIpc) is 2.35. The minimum absolute atomic E-state index is 0.102. The third kappa shape index (κ3) is 4.18. The van der Waals surface area contributed by atoms with Gasteiger partial charge in [0.1, 0.15) is 5.82 Å². The van der Waals surface area contributed by atoms with Crippen molar-refractivity contribution in [2.75, 3.05) is 0 Å². The fourth-order valence-corrected chi connectivity index (χ4v) is 1.58. The van der Waals surface area contributed by atoms with Crippen molar-refractivity contribution in [1.29, 1.82) is 0 Å². The second kappa shape index (κ2) is 6.76. The molecule has 0 aliphatic heterocycles. The molecule has 0 saturated heterocycles. The highest BCUT2D eigenvalue weighted by molar-refractivity contribution is 5.97. The zero-order chi connectivity index (χ0) is 13.5. The summed E-state index contributed by atoms with van der Waals surface area (Å²) in [5.41, 5.74) is 6.54. The van der Waals surface area contributed by atoms with Crippen molar-refractivity contribution in [3.05, 3.63) is 47.8 Å². The molecule has 98 valence electrons. The molecule has 0 bridgehead atoms. The molecule has 1 rings (SSSR count). The van der Waals surface area contributed by atoms with Gasteiger partial charge in [-0.15, -0.1) is 6.58 Å². The first kappa shape index (κ1) is 14.2. The first-order valence-corrected chi connectivity index (χ1v) is 5.68. The Labute approximate surface area is 106 Å². The summed E-state index contributed by atoms with van der Waals surface area (Å²) < 4.78 is 13.4. The van der Waals surface area contributed by atoms with Crippen LogP contribution in [0.15, 0.2) is 36.0 Å². The number of nitrogens with two attached hydrogens (primary N) is 1. The van der Waals surface area contributed by atoms with Crippen LogP contribution in [0.2, 0.25) is 0 Å². The lowest BCUT2D eigenvalue weighted by Gasteiger charge is -2.12. The predicted octanol–water partition coefficient (Wildman–Crippen LogP) is 1.97. The molecule has 0 heterocycles. The van der Waals surface area contributed by atoms with Crippen molar-refractivity contribution in [3.63, 3.8) is 0 Å². The molecule has 0 fully saturated rings. The monoisotopic (exact) mass is 251 g/mol. The molecule has 1 aromatic rings. The third-order valence-corrected chi connectivity index (χ3v) is 2.54. The van der Waals surface area contributed by atoms with Crippen LogP contribution in [0.3, 0.4) is 0 Å². The summed E-state index contributed by atoms with van der Waals surface area (Å²) in [6, 6.07) is 4.59. The number of oxime groups is 1. The number of halogens is 1. The molecule has 0 radical (unpaired) electrons. The Bertz CT molecular complexity index is 446. The Morgan fingerprint density at radius 3 is 2.94 bits per heavy atom. The maximum Gasteiger partial charge on any atom is 0.170 e. The summed E-state index contributed by atoms with van der Waals surface area (Å²) in [5, 5.41) is 14.7. The molecule has 1 unspecified atom stereocenters. The van der Waals surface area contributed by atoms with Crippen molar-refractivity contribution in [3.8, 4) is 0 Å². The highest BCUT2D eigenvalue weighted by atomic mass is 19.1. The minimum atomic E-state index is -0.410. The van der Waals surface area contributed by atoms with Gasteiger partial charge in [0.25, 0.3) is 0 Å². The molecule has 0 aliphatic rings. The van der Waals surface area contributed by atoms with Gasteiger partial charge in [-0.05, 0) is 37.1 Å². The molecule has 0 aliphatic carbocycles. The standard InChI is InChI=1S/C13H18FN3O/c1-3-4-9(2)16-8-10-5-11(13(15)17-18)7-12(14)6-10/h3,5-7,9,16,18H,1,4,8H2,2H3,(H2,15,17). The summed E-state index contributed by atoms with van der Waals surface area (Å²) in [6.07, 6.45) is 2.66. The maximum atomic E-state index is 13.4. The number of nitrogens with zero attached hydrogens (tertiary/aromatic N) is 1. The Hall–Kier alpha value is -1.88. The van der Waals surface area contributed by atoms with Crippen LogP contribution in [0.4, 0.5) is 4.39 Å². The van der Waals surface area contributed by atoms with Gasteiger partial charge in [0.15, 0.2) is 5.84 Å². The van der Waals surface area contributed by atoms with Gasteiger partial charge < -0.3 is 16.3 Å². The predicted molar refractivity (Wildman–Crippen MR) is 70.0 cm³/mol. The maximum absolute atomic E-state index is 13.4. The molecule has 0 amide bonds. The number of amidine groups is 1. The Morgan fingerprint density at radius 1 is 1.61 bits per heavy atom. The van der Waals surface area contributed by atoms with Crippen molar-refractivity contribution in [2.24, 2.45) is 10.9 Å². The van der Waals surface area contributed by atoms with Crippen LogP contribution >= 0.6 is 0 Å². The lowest BCUT2D eigenvalue weighted by Crippen LogP contribution is -2.25. The number of nitrogens with one attached hydrogen (secondary N) is 1. The minimum Gasteiger partial charge on any atom is -0.409 e. The first-order valence-electron chi connectivity index (χ1n) is 5.68. The molecule has 1 aromatic carbocycles. The molecular weight excluding hydrogens is 233 g/mol. The van der Waals surface area contributed by atoms with E-state index in [2.05, 4.69) is 17.1 Å². The molecule has 0 spiro atoms. The first-order chi connectivity index (χ1) is 8.56. The molecule has 0 aromatic heterocycles. The molecule has 4 nitrogen and oxygen atoms in total. The van der Waals surface area contributed by atoms with Crippen molar-refractivity contribution in [1.82, 2.24) is 5.32 Å². The molecule has 4 N–H and O–H groups in total. The summed E-state index contributed by atoms with van der Waals surface area (Å²) in [7, 11) is 0. The van der Waals surface area contributed by atoms with Gasteiger partial charge in [0.2, 0.25) is 0 Å². The van der Waals surface area contributed by atoms with Crippen LogP contribution in [-0.2, 0) is 6.54 Å². The second-order valence-corrected chi connectivity index (χ2v) is 4.14. The zero-order valence-electron chi connectivity index (χ0n) is 10.4. The number of rotatable bonds is 6. The SMILES string of the molecule is C=CCC(C)NCc1cc(F)cc(/C(N)=N/O)c1. The van der Waals surface area contributed by atoms with E-state index in [0.717, 1.165) is 12.0 Å². The van der Waals surface area contributed by atoms with E-state index in [1.807, 2.05) is 13.0 Å². The van der Waals surface area contributed by atoms with E-state index >= 15 is 0 Å². The van der Waals surface area contributed by atoms with Crippen molar-refractivity contribution < 1.29 is 9.60 Å². The van der Waals surface area contributed by atoms with E-state index < -0.39 is 5.82 Å². The lowest BCUT2D eigenvalue weighted by molar-refractivity contribution is 0.318. The third-order valence-electron chi connectivity index (χ3n) is 2.54. The molecule has 1 atom stereocenters. The number of hydrogen-bond acceptors (Lipinski definition) is 3. The second-order valence-electron chi connectivity index (χ2n) is 4.14. The fourth-order valence-electron chi connectivity index (χ4n) is 1.58. The van der Waals surface area contributed by atoms with Crippen LogP contribution in [0.5, 0.6) is 0 Å². The van der Waals surface area contributed by atoms with E-state index in [1.54, 1.807) is 6.07 Å². The Morgan fingerprint density at radius 2 is 2.33 bits per heavy atom. The van der Waals surface area contributed by atoms with E-state index in [1.165, 1.54) is 12.1 Å². The van der Waals surface area contributed by atoms with Gasteiger partial charge >= 0.3 is 0 Å². The lowest BCUT2D eigenvalue weighted by atomic mass is 10.1. The van der Waals surface area contributed by atoms with Crippen LogP contribution < -0.4 is 11.1 Å². The Kier molecular flexibility index (Phi) is 5.32. The van der Waals surface area contributed by atoms with E-state index in [0.29, 0.717) is 12.1 Å². The number of benzene rings is 1. The van der Waals surface area contributed by atoms with Crippen LogP contribution in [0.25, 0.3) is 0 Å². The average molecular weight is 251 g/mol. The van der Waals surface area contributed by atoms with Crippen LogP contribution in [0.1, 0.15) is 24.5 Å². The van der Waals surface area contributed by atoms with Gasteiger partial charge in [0, 0.05) is 18.2 Å². The highest BCUT2D eigenvalue weighted by Crippen LogP contribution is 2.09. The van der Waals surface area contributed by atoms with E-state index in [4.69, 9.17) is 10.9 Å². The quantitative estimate of drug-likeness (QED) is 0.238. The summed E-state index contributed by atoms with van der Waals surface area (Å²) in [5.74, 6) is -0.512. The van der Waals surface area contributed by atoms with Gasteiger partial charge in [-0.3, -0.25) is 0 Å². The number of hydrogen-bond donors (Lipinski definition) is 3. The van der Waals surface area contributed by atoms with Gasteiger partial charge in [0.05, 0.1) is 0 Å². The van der Waals surface area contributed by atoms with Crippen LogP contribution in [-0.4, -0.2) is 17.1 Å². The van der Waals surface area contributed by atoms with Crippen molar-refractivity contribution >= 4 is 5.84 Å². The fraction of sp³-hybridized carbons (Fsp3) is 0.308. The topological polar surface area (TPSA) is 70.6 Å². The highest BCUT2D eigenvalue weighted by Gasteiger charge is 2.06. The van der Waals surface area contributed by atoms with Gasteiger partial charge in [-0.25, -0.2) is 4.39 Å². The summed E-state index contributed by atoms with van der Waals surface area (Å²) >= 11 is 0. The smallest absolute Gasteiger partial charge is 0.170 e. The largest absolute Gasteiger partial charge is 0.409 e.